The van der Waals surface area contributed by atoms with Crippen LogP contribution in [0.1, 0.15) is 0 Å². The molecule has 22 heavy (non-hydrogen) atoms. The van der Waals surface area contributed by atoms with Gasteiger partial charge in [-0.1, -0.05) is 11.8 Å². The minimum Gasteiger partial charge on any atom is -0.508 e. The Bertz CT molecular complexity index is 846. The molecule has 0 atom stereocenters. The van der Waals surface area contributed by atoms with Gasteiger partial charge in [0.15, 0.2) is 5.16 Å². The van der Waals surface area contributed by atoms with E-state index in [0.29, 0.717) is 16.5 Å². The van der Waals surface area contributed by atoms with Crippen molar-refractivity contribution in [2.75, 3.05) is 6.26 Å². The normalized spacial score (nSPS) is 10.6. The Morgan fingerprint density at radius 1 is 1.09 bits per heavy atom. The number of pyridine rings is 1. The SMILES string of the molecule is CSc1nc(-c2ccncc2)cc(=O)n1-c1ccc(O)cc1. The van der Waals surface area contributed by atoms with Crippen LogP contribution in [0.2, 0.25) is 0 Å². The number of phenols is 1. The zero-order valence-electron chi connectivity index (χ0n) is 11.8. The molecular formula is C16H13N3O2S. The van der Waals surface area contributed by atoms with E-state index in [0.717, 1.165) is 5.56 Å². The number of benzene rings is 1. The Balaban J connectivity index is 2.17. The molecule has 0 bridgehead atoms. The molecule has 2 heterocycles. The van der Waals surface area contributed by atoms with E-state index in [1.807, 2.05) is 18.4 Å². The largest absolute Gasteiger partial charge is 0.508 e. The molecule has 0 amide bonds. The van der Waals surface area contributed by atoms with Crippen LogP contribution in [0.3, 0.4) is 0 Å². The second kappa shape index (κ2) is 6.03. The molecule has 110 valence electrons. The van der Waals surface area contributed by atoms with Gasteiger partial charge in [-0.15, -0.1) is 0 Å². The smallest absolute Gasteiger partial charge is 0.259 e. The van der Waals surface area contributed by atoms with E-state index in [4.69, 9.17) is 0 Å². The summed E-state index contributed by atoms with van der Waals surface area (Å²) in [4.78, 5) is 21.0. The summed E-state index contributed by atoms with van der Waals surface area (Å²) in [6.45, 7) is 0. The van der Waals surface area contributed by atoms with Gasteiger partial charge in [0, 0.05) is 24.0 Å². The molecule has 0 aliphatic carbocycles. The number of thioether (sulfide) groups is 1. The van der Waals surface area contributed by atoms with Gasteiger partial charge >= 0.3 is 0 Å². The van der Waals surface area contributed by atoms with Crippen LogP contribution in [-0.2, 0) is 0 Å². The Morgan fingerprint density at radius 3 is 2.41 bits per heavy atom. The van der Waals surface area contributed by atoms with Crippen molar-refractivity contribution < 1.29 is 5.11 Å². The quantitative estimate of drug-likeness (QED) is 0.595. The van der Waals surface area contributed by atoms with Gasteiger partial charge in [0.2, 0.25) is 0 Å². The summed E-state index contributed by atoms with van der Waals surface area (Å²) in [5.41, 5.74) is 1.96. The number of aromatic hydroxyl groups is 1. The Hall–Kier alpha value is -2.60. The summed E-state index contributed by atoms with van der Waals surface area (Å²) in [5, 5.41) is 9.97. The standard InChI is InChI=1S/C16H13N3O2S/c1-22-16-18-14(11-6-8-17-9-7-11)10-15(21)19(16)12-2-4-13(20)5-3-12/h2-10,20H,1H3. The van der Waals surface area contributed by atoms with Gasteiger partial charge in [0.05, 0.1) is 11.4 Å². The Kier molecular flexibility index (Phi) is 3.93. The molecule has 3 rings (SSSR count). The fourth-order valence-electron chi connectivity index (χ4n) is 2.11. The number of hydrogen-bond donors (Lipinski definition) is 1. The first-order valence-electron chi connectivity index (χ1n) is 6.57. The zero-order chi connectivity index (χ0) is 15.5. The molecule has 0 radical (unpaired) electrons. The average molecular weight is 311 g/mol. The van der Waals surface area contributed by atoms with Crippen LogP contribution < -0.4 is 5.56 Å². The first-order chi connectivity index (χ1) is 10.7. The summed E-state index contributed by atoms with van der Waals surface area (Å²) in [5.74, 6) is 0.156. The third kappa shape index (κ3) is 2.73. The lowest BCUT2D eigenvalue weighted by atomic mass is 10.2. The summed E-state index contributed by atoms with van der Waals surface area (Å²) >= 11 is 1.39. The lowest BCUT2D eigenvalue weighted by molar-refractivity contribution is 0.475. The van der Waals surface area contributed by atoms with Gasteiger partial charge in [0.25, 0.3) is 5.56 Å². The Labute approximate surface area is 131 Å². The van der Waals surface area contributed by atoms with Gasteiger partial charge in [0.1, 0.15) is 5.75 Å². The molecule has 6 heteroatoms. The predicted molar refractivity (Wildman–Crippen MR) is 86.5 cm³/mol. The molecular weight excluding hydrogens is 298 g/mol. The van der Waals surface area contributed by atoms with E-state index in [1.54, 1.807) is 36.7 Å². The molecule has 0 saturated carbocycles. The molecule has 5 nitrogen and oxygen atoms in total. The molecule has 0 aliphatic heterocycles. The molecule has 1 aromatic carbocycles. The highest BCUT2D eigenvalue weighted by Gasteiger charge is 2.11. The van der Waals surface area contributed by atoms with Gasteiger partial charge < -0.3 is 5.11 Å². The summed E-state index contributed by atoms with van der Waals surface area (Å²) in [6.07, 6.45) is 5.21. The number of phenolic OH excluding ortho intramolecular Hbond substituents is 1. The van der Waals surface area contributed by atoms with E-state index in [2.05, 4.69) is 9.97 Å². The van der Waals surface area contributed by atoms with E-state index in [9.17, 15) is 9.90 Å². The molecule has 0 aliphatic rings. The molecule has 3 aromatic rings. The van der Waals surface area contributed by atoms with Crippen LogP contribution in [0, 0.1) is 0 Å². The summed E-state index contributed by atoms with van der Waals surface area (Å²) < 4.78 is 1.52. The second-order valence-electron chi connectivity index (χ2n) is 4.55. The van der Waals surface area contributed by atoms with Crippen LogP contribution in [0.25, 0.3) is 16.9 Å². The maximum Gasteiger partial charge on any atom is 0.259 e. The minimum absolute atomic E-state index is 0.156. The zero-order valence-corrected chi connectivity index (χ0v) is 12.6. The summed E-state index contributed by atoms with van der Waals surface area (Å²) in [6, 6.07) is 11.6. The Morgan fingerprint density at radius 2 is 1.77 bits per heavy atom. The van der Waals surface area contributed by atoms with Crippen LogP contribution >= 0.6 is 11.8 Å². The van der Waals surface area contributed by atoms with Gasteiger partial charge in [-0.05, 0) is 42.7 Å². The molecule has 0 fully saturated rings. The van der Waals surface area contributed by atoms with Crippen LogP contribution in [0.5, 0.6) is 5.75 Å². The fraction of sp³-hybridized carbons (Fsp3) is 0.0625. The van der Waals surface area contributed by atoms with Gasteiger partial charge in [-0.2, -0.15) is 0 Å². The molecule has 0 spiro atoms. The molecule has 0 saturated heterocycles. The molecule has 0 unspecified atom stereocenters. The highest BCUT2D eigenvalue weighted by atomic mass is 32.2. The second-order valence-corrected chi connectivity index (χ2v) is 5.33. The lowest BCUT2D eigenvalue weighted by Crippen LogP contribution is -2.20. The lowest BCUT2D eigenvalue weighted by Gasteiger charge is -2.12. The van der Waals surface area contributed by atoms with E-state index in [1.165, 1.54) is 22.4 Å². The van der Waals surface area contributed by atoms with Crippen molar-refractivity contribution in [3.8, 4) is 22.7 Å². The number of aromatic nitrogens is 3. The first-order valence-corrected chi connectivity index (χ1v) is 7.79. The highest BCUT2D eigenvalue weighted by molar-refractivity contribution is 7.98. The van der Waals surface area contributed by atoms with Crippen molar-refractivity contribution in [2.45, 2.75) is 5.16 Å². The monoisotopic (exact) mass is 311 g/mol. The number of rotatable bonds is 3. The maximum atomic E-state index is 12.5. The van der Waals surface area contributed by atoms with Crippen molar-refractivity contribution in [1.29, 1.82) is 0 Å². The topological polar surface area (TPSA) is 68.0 Å². The van der Waals surface area contributed by atoms with Gasteiger partial charge in [-0.25, -0.2) is 4.98 Å². The first kappa shape index (κ1) is 14.3. The summed E-state index contributed by atoms with van der Waals surface area (Å²) in [7, 11) is 0. The van der Waals surface area contributed by atoms with E-state index >= 15 is 0 Å². The van der Waals surface area contributed by atoms with Crippen molar-refractivity contribution in [2.24, 2.45) is 0 Å². The highest BCUT2D eigenvalue weighted by Crippen LogP contribution is 2.21. The number of hydrogen-bond acceptors (Lipinski definition) is 5. The van der Waals surface area contributed by atoms with Crippen molar-refractivity contribution in [1.82, 2.24) is 14.5 Å². The van der Waals surface area contributed by atoms with Crippen molar-refractivity contribution in [3.05, 3.63) is 65.2 Å². The predicted octanol–water partition coefficient (Wildman–Crippen LogP) is 2.72. The van der Waals surface area contributed by atoms with Crippen molar-refractivity contribution in [3.63, 3.8) is 0 Å². The maximum absolute atomic E-state index is 12.5. The molecule has 2 aromatic heterocycles. The third-order valence-electron chi connectivity index (χ3n) is 3.15. The number of nitrogens with zero attached hydrogens (tertiary/aromatic N) is 3. The fourth-order valence-corrected chi connectivity index (χ4v) is 2.68. The third-order valence-corrected chi connectivity index (χ3v) is 3.79. The van der Waals surface area contributed by atoms with Crippen LogP contribution in [0.4, 0.5) is 0 Å². The van der Waals surface area contributed by atoms with Gasteiger partial charge in [-0.3, -0.25) is 14.3 Å². The van der Waals surface area contributed by atoms with E-state index in [-0.39, 0.29) is 11.3 Å². The minimum atomic E-state index is -0.170. The van der Waals surface area contributed by atoms with Crippen LogP contribution in [0.15, 0.2) is 64.8 Å². The average Bonchev–Trinajstić information content (AvgIpc) is 2.56. The molecule has 1 N–H and O–H groups in total. The van der Waals surface area contributed by atoms with Crippen LogP contribution in [-0.4, -0.2) is 25.9 Å². The van der Waals surface area contributed by atoms with Crippen molar-refractivity contribution >= 4 is 11.8 Å². The van der Waals surface area contributed by atoms with E-state index < -0.39 is 0 Å².